The highest BCUT2D eigenvalue weighted by Gasteiger charge is 2.57. The molecule has 0 aromatic carbocycles. The van der Waals surface area contributed by atoms with Crippen LogP contribution in [-0.2, 0) is 4.74 Å². The van der Waals surface area contributed by atoms with Gasteiger partial charge in [0.1, 0.15) is 0 Å². The number of hydrogen-bond acceptors (Lipinski definition) is 2. The summed E-state index contributed by atoms with van der Waals surface area (Å²) in [6.45, 7) is 2.83. The fraction of sp³-hybridized carbons (Fsp3) is 1.00. The van der Waals surface area contributed by atoms with Gasteiger partial charge in [0.25, 0.3) is 0 Å². The molecule has 0 unspecified atom stereocenters. The van der Waals surface area contributed by atoms with E-state index in [-0.39, 0.29) is 6.42 Å². The van der Waals surface area contributed by atoms with Crippen LogP contribution in [0, 0.1) is 0 Å². The highest BCUT2D eigenvalue weighted by molar-refractivity contribution is 4.75. The predicted octanol–water partition coefficient (Wildman–Crippen LogP) is 3.28. The molecule has 0 saturated heterocycles. The Kier molecular flexibility index (Phi) is 7.61. The third-order valence-electron chi connectivity index (χ3n) is 2.13. The Bertz CT molecular complexity index is 201. The highest BCUT2D eigenvalue weighted by Crippen LogP contribution is 2.35. The minimum atomic E-state index is -5.41. The fourth-order valence-corrected chi connectivity index (χ4v) is 1.28. The number of hydrogen-bond donors (Lipinski definition) is 1. The molecule has 18 heavy (non-hydrogen) atoms. The largest absolute Gasteiger partial charge is 0.423 e. The molecule has 0 radical (unpaired) electrons. The highest BCUT2D eigenvalue weighted by atomic mass is 19.4. The zero-order chi connectivity index (χ0) is 14.2. The minimum absolute atomic E-state index is 0.175. The summed E-state index contributed by atoms with van der Waals surface area (Å²) in [5.41, 5.74) is 0. The maximum absolute atomic E-state index is 12.0. The predicted molar refractivity (Wildman–Crippen MR) is 54.2 cm³/mol. The number of unbranched alkanes of at least 4 members (excludes halogenated alkanes) is 2. The SMILES string of the molecule is CCNCCCCCOC(C(F)(F)F)C(F)(F)F. The number of rotatable bonds is 8. The van der Waals surface area contributed by atoms with Crippen molar-refractivity contribution in [2.45, 2.75) is 44.6 Å². The molecule has 0 atom stereocenters. The Morgan fingerprint density at radius 3 is 1.94 bits per heavy atom. The van der Waals surface area contributed by atoms with Gasteiger partial charge in [0, 0.05) is 6.61 Å². The molecule has 0 aromatic rings. The van der Waals surface area contributed by atoms with Crippen molar-refractivity contribution in [2.75, 3.05) is 19.7 Å². The Morgan fingerprint density at radius 1 is 0.944 bits per heavy atom. The average Bonchev–Trinajstić information content (AvgIpc) is 2.18. The van der Waals surface area contributed by atoms with Crippen molar-refractivity contribution in [3.63, 3.8) is 0 Å². The lowest BCUT2D eigenvalue weighted by molar-refractivity contribution is -0.321. The van der Waals surface area contributed by atoms with Gasteiger partial charge in [0.15, 0.2) is 0 Å². The molecule has 0 aliphatic heterocycles. The van der Waals surface area contributed by atoms with E-state index in [1.54, 1.807) is 0 Å². The minimum Gasteiger partial charge on any atom is -0.361 e. The van der Waals surface area contributed by atoms with E-state index in [4.69, 9.17) is 0 Å². The smallest absolute Gasteiger partial charge is 0.361 e. The van der Waals surface area contributed by atoms with Gasteiger partial charge in [-0.3, -0.25) is 0 Å². The monoisotopic (exact) mass is 281 g/mol. The van der Waals surface area contributed by atoms with E-state index >= 15 is 0 Å². The fourth-order valence-electron chi connectivity index (χ4n) is 1.28. The van der Waals surface area contributed by atoms with Gasteiger partial charge in [-0.2, -0.15) is 26.3 Å². The van der Waals surface area contributed by atoms with Crippen molar-refractivity contribution in [3.8, 4) is 0 Å². The van der Waals surface area contributed by atoms with Gasteiger partial charge in [0.05, 0.1) is 0 Å². The lowest BCUT2D eigenvalue weighted by atomic mass is 10.2. The molecule has 2 nitrogen and oxygen atoms in total. The van der Waals surface area contributed by atoms with Crippen LogP contribution in [0.1, 0.15) is 26.2 Å². The van der Waals surface area contributed by atoms with E-state index in [2.05, 4.69) is 10.1 Å². The van der Waals surface area contributed by atoms with Crippen molar-refractivity contribution in [1.82, 2.24) is 5.32 Å². The van der Waals surface area contributed by atoms with Crippen LogP contribution in [0.3, 0.4) is 0 Å². The molecule has 8 heteroatoms. The summed E-state index contributed by atoms with van der Waals surface area (Å²) in [5.74, 6) is 0. The Hall–Kier alpha value is -0.500. The average molecular weight is 281 g/mol. The van der Waals surface area contributed by atoms with Crippen LogP contribution in [0.4, 0.5) is 26.3 Å². The second kappa shape index (κ2) is 7.83. The van der Waals surface area contributed by atoms with Gasteiger partial charge in [-0.1, -0.05) is 6.92 Å². The molecule has 110 valence electrons. The molecular formula is C10H17F6NO. The van der Waals surface area contributed by atoms with Crippen molar-refractivity contribution < 1.29 is 31.1 Å². The molecule has 1 N–H and O–H groups in total. The molecule has 0 heterocycles. The van der Waals surface area contributed by atoms with E-state index in [1.807, 2.05) is 6.92 Å². The number of ether oxygens (including phenoxy) is 1. The van der Waals surface area contributed by atoms with Gasteiger partial charge in [-0.05, 0) is 32.4 Å². The van der Waals surface area contributed by atoms with E-state index in [9.17, 15) is 26.3 Å². The maximum Gasteiger partial charge on any atom is 0.423 e. The zero-order valence-corrected chi connectivity index (χ0v) is 10.00. The first-order chi connectivity index (χ1) is 8.19. The van der Waals surface area contributed by atoms with E-state index in [0.717, 1.165) is 6.54 Å². The van der Waals surface area contributed by atoms with Crippen molar-refractivity contribution >= 4 is 0 Å². The van der Waals surface area contributed by atoms with Crippen molar-refractivity contribution in [1.29, 1.82) is 0 Å². The lowest BCUT2D eigenvalue weighted by Crippen LogP contribution is -2.44. The normalized spacial score (nSPS) is 13.3. The standard InChI is InChI=1S/C10H17F6NO/c1-2-17-6-4-3-5-7-18-8(9(11,12)13)10(14,15)16/h8,17H,2-7H2,1H3. The molecule has 0 aliphatic carbocycles. The summed E-state index contributed by atoms with van der Waals surface area (Å²) in [6.07, 6.45) is -13.1. The lowest BCUT2D eigenvalue weighted by Gasteiger charge is -2.23. The number of halogens is 6. The van der Waals surface area contributed by atoms with Gasteiger partial charge in [0.2, 0.25) is 6.10 Å². The quantitative estimate of drug-likeness (QED) is 0.544. The van der Waals surface area contributed by atoms with Gasteiger partial charge < -0.3 is 10.1 Å². The molecule has 0 fully saturated rings. The first-order valence-corrected chi connectivity index (χ1v) is 5.65. The van der Waals surface area contributed by atoms with Crippen LogP contribution in [0.2, 0.25) is 0 Å². The van der Waals surface area contributed by atoms with Crippen LogP contribution in [0.25, 0.3) is 0 Å². The summed E-state index contributed by atoms with van der Waals surface area (Å²) in [6, 6.07) is 0. The van der Waals surface area contributed by atoms with E-state index in [1.165, 1.54) is 0 Å². The third kappa shape index (κ3) is 7.75. The molecule has 0 spiro atoms. The zero-order valence-electron chi connectivity index (χ0n) is 10.00. The number of nitrogens with one attached hydrogen (secondary N) is 1. The Morgan fingerprint density at radius 2 is 1.50 bits per heavy atom. The van der Waals surface area contributed by atoms with Gasteiger partial charge in [-0.15, -0.1) is 0 Å². The van der Waals surface area contributed by atoms with Crippen LogP contribution in [-0.4, -0.2) is 38.2 Å². The summed E-state index contributed by atoms with van der Waals surface area (Å²) in [4.78, 5) is 0. The molecule has 0 bridgehead atoms. The molecular weight excluding hydrogens is 264 g/mol. The summed E-state index contributed by atoms with van der Waals surface area (Å²) >= 11 is 0. The van der Waals surface area contributed by atoms with Gasteiger partial charge in [-0.25, -0.2) is 0 Å². The van der Waals surface area contributed by atoms with E-state index in [0.29, 0.717) is 19.4 Å². The Labute approximate surface area is 102 Å². The van der Waals surface area contributed by atoms with Gasteiger partial charge >= 0.3 is 12.4 Å². The molecule has 0 rings (SSSR count). The first kappa shape index (κ1) is 17.5. The van der Waals surface area contributed by atoms with Crippen molar-refractivity contribution in [3.05, 3.63) is 0 Å². The summed E-state index contributed by atoms with van der Waals surface area (Å²) < 4.78 is 76.1. The Balaban J connectivity index is 3.86. The van der Waals surface area contributed by atoms with Crippen molar-refractivity contribution in [2.24, 2.45) is 0 Å². The molecule has 0 aliphatic rings. The molecule has 0 saturated carbocycles. The molecule has 0 amide bonds. The molecule has 0 aromatic heterocycles. The van der Waals surface area contributed by atoms with Crippen LogP contribution < -0.4 is 5.32 Å². The summed E-state index contributed by atoms with van der Waals surface area (Å²) in [7, 11) is 0. The second-order valence-corrected chi connectivity index (χ2v) is 3.75. The van der Waals surface area contributed by atoms with E-state index < -0.39 is 25.1 Å². The first-order valence-electron chi connectivity index (χ1n) is 5.65. The third-order valence-corrected chi connectivity index (χ3v) is 2.13. The number of alkyl halides is 6. The topological polar surface area (TPSA) is 21.3 Å². The van der Waals surface area contributed by atoms with Crippen LogP contribution >= 0.6 is 0 Å². The second-order valence-electron chi connectivity index (χ2n) is 3.75. The maximum atomic E-state index is 12.0. The summed E-state index contributed by atoms with van der Waals surface area (Å²) in [5, 5.41) is 3.00. The van der Waals surface area contributed by atoms with Crippen LogP contribution in [0.15, 0.2) is 0 Å². The van der Waals surface area contributed by atoms with Crippen LogP contribution in [0.5, 0.6) is 0 Å².